The van der Waals surface area contributed by atoms with Crippen molar-refractivity contribution in [3.05, 3.63) is 59.7 Å². The minimum Gasteiger partial charge on any atom is -0.480 e. The summed E-state index contributed by atoms with van der Waals surface area (Å²) in [5, 5.41) is 22.8. The normalized spacial score (nSPS) is 14.3. The first-order chi connectivity index (χ1) is 14.8. The number of ether oxygens (including phenoxy) is 1. The molecule has 8 nitrogen and oxygen atoms in total. The molecule has 0 aromatic heterocycles. The highest BCUT2D eigenvalue weighted by molar-refractivity contribution is 5.89. The minimum absolute atomic E-state index is 0.0979. The van der Waals surface area contributed by atoms with Crippen LogP contribution in [0.25, 0.3) is 11.1 Å². The monoisotopic (exact) mass is 426 g/mol. The average Bonchev–Trinajstić information content (AvgIpc) is 3.07. The molecule has 0 fully saturated rings. The topological polar surface area (TPSA) is 125 Å². The molecule has 2 aromatic carbocycles. The summed E-state index contributed by atoms with van der Waals surface area (Å²) in [6.45, 7) is 2.77. The number of aliphatic carboxylic acids is 1. The summed E-state index contributed by atoms with van der Waals surface area (Å²) >= 11 is 0. The van der Waals surface area contributed by atoms with E-state index in [0.717, 1.165) is 22.3 Å². The first-order valence-electron chi connectivity index (χ1n) is 10.1. The molecule has 31 heavy (non-hydrogen) atoms. The van der Waals surface area contributed by atoms with Gasteiger partial charge in [0, 0.05) is 5.92 Å². The summed E-state index contributed by atoms with van der Waals surface area (Å²) in [4.78, 5) is 35.9. The molecule has 0 radical (unpaired) electrons. The van der Waals surface area contributed by atoms with Gasteiger partial charge in [-0.2, -0.15) is 0 Å². The van der Waals surface area contributed by atoms with Crippen LogP contribution in [0.5, 0.6) is 0 Å². The van der Waals surface area contributed by atoms with E-state index in [9.17, 15) is 14.4 Å². The molecule has 0 bridgehead atoms. The molecule has 4 N–H and O–H groups in total. The summed E-state index contributed by atoms with van der Waals surface area (Å²) in [6.07, 6.45) is -0.772. The molecular weight excluding hydrogens is 400 g/mol. The van der Waals surface area contributed by atoms with Crippen molar-refractivity contribution in [1.82, 2.24) is 10.6 Å². The maximum absolute atomic E-state index is 12.5. The molecule has 2 amide bonds. The van der Waals surface area contributed by atoms with Gasteiger partial charge in [0.2, 0.25) is 5.91 Å². The van der Waals surface area contributed by atoms with Gasteiger partial charge in [0.15, 0.2) is 0 Å². The molecule has 0 saturated carbocycles. The molecule has 3 rings (SSSR count). The largest absolute Gasteiger partial charge is 0.480 e. The van der Waals surface area contributed by atoms with Crippen molar-refractivity contribution in [2.24, 2.45) is 5.92 Å². The minimum atomic E-state index is -1.45. The van der Waals surface area contributed by atoms with E-state index in [1.807, 2.05) is 48.5 Å². The second kappa shape index (κ2) is 9.61. The number of rotatable bonds is 8. The van der Waals surface area contributed by atoms with Crippen LogP contribution < -0.4 is 10.6 Å². The average molecular weight is 426 g/mol. The number of carbonyl (C=O) groups is 3. The van der Waals surface area contributed by atoms with Crippen LogP contribution in [0.3, 0.4) is 0 Å². The zero-order chi connectivity index (χ0) is 22.5. The fourth-order valence-corrected chi connectivity index (χ4v) is 3.75. The third kappa shape index (κ3) is 4.86. The molecule has 2 atom stereocenters. The summed E-state index contributed by atoms with van der Waals surface area (Å²) in [5.74, 6) is -2.51. The number of fused-ring (bicyclic) bond motifs is 3. The van der Waals surface area contributed by atoms with Crippen molar-refractivity contribution < 1.29 is 29.3 Å². The van der Waals surface area contributed by atoms with E-state index in [2.05, 4.69) is 10.6 Å². The Kier molecular flexibility index (Phi) is 6.91. The van der Waals surface area contributed by atoms with E-state index in [4.69, 9.17) is 14.9 Å². The quantitative estimate of drug-likeness (QED) is 0.512. The highest BCUT2D eigenvalue weighted by Crippen LogP contribution is 2.44. The molecule has 1 unspecified atom stereocenters. The van der Waals surface area contributed by atoms with Crippen LogP contribution in [0.1, 0.15) is 30.9 Å². The lowest BCUT2D eigenvalue weighted by molar-refractivity contribution is -0.143. The number of benzene rings is 2. The number of aliphatic hydroxyl groups is 1. The lowest BCUT2D eigenvalue weighted by Crippen LogP contribution is -2.54. The summed E-state index contributed by atoms with van der Waals surface area (Å²) in [5.41, 5.74) is 4.36. The molecule has 0 saturated heterocycles. The molecule has 0 spiro atoms. The molecule has 164 valence electrons. The second-order valence-corrected chi connectivity index (χ2v) is 7.77. The lowest BCUT2D eigenvalue weighted by atomic mass is 9.98. The molecule has 0 heterocycles. The summed E-state index contributed by atoms with van der Waals surface area (Å²) in [7, 11) is 0. The van der Waals surface area contributed by atoms with Crippen molar-refractivity contribution in [3.63, 3.8) is 0 Å². The zero-order valence-corrected chi connectivity index (χ0v) is 17.4. The molecule has 1 aliphatic rings. The Morgan fingerprint density at radius 2 is 1.52 bits per heavy atom. The molecular formula is C23H26N2O6. The van der Waals surface area contributed by atoms with Gasteiger partial charge >= 0.3 is 12.1 Å². The van der Waals surface area contributed by atoms with Crippen LogP contribution in [0, 0.1) is 5.92 Å². The highest BCUT2D eigenvalue weighted by atomic mass is 16.5. The Morgan fingerprint density at radius 1 is 0.968 bits per heavy atom. The number of amides is 2. The van der Waals surface area contributed by atoms with Crippen LogP contribution in [0.4, 0.5) is 4.79 Å². The van der Waals surface area contributed by atoms with E-state index in [1.165, 1.54) is 0 Å². The first-order valence-corrected chi connectivity index (χ1v) is 10.1. The maximum atomic E-state index is 12.5. The number of carboxylic acids is 1. The fourth-order valence-electron chi connectivity index (χ4n) is 3.75. The van der Waals surface area contributed by atoms with E-state index in [1.54, 1.807) is 13.8 Å². The van der Waals surface area contributed by atoms with Gasteiger partial charge in [-0.05, 0) is 28.2 Å². The smallest absolute Gasteiger partial charge is 0.407 e. The SMILES string of the molecule is CC(C)[C@@H](NC(=O)OCC1c2ccccc2-c2ccccc21)C(=O)NC(CO)C(=O)O. The van der Waals surface area contributed by atoms with E-state index < -0.39 is 36.7 Å². The summed E-state index contributed by atoms with van der Waals surface area (Å²) in [6, 6.07) is 13.4. The van der Waals surface area contributed by atoms with Crippen LogP contribution in [-0.4, -0.2) is 53.5 Å². The molecule has 1 aliphatic carbocycles. The van der Waals surface area contributed by atoms with Gasteiger partial charge in [0.25, 0.3) is 0 Å². The Balaban J connectivity index is 1.66. The molecule has 2 aromatic rings. The van der Waals surface area contributed by atoms with Crippen LogP contribution >= 0.6 is 0 Å². The van der Waals surface area contributed by atoms with Gasteiger partial charge in [-0.25, -0.2) is 9.59 Å². The predicted octanol–water partition coefficient (Wildman–Crippen LogP) is 2.11. The van der Waals surface area contributed by atoms with Crippen LogP contribution in [0.15, 0.2) is 48.5 Å². The third-order valence-electron chi connectivity index (χ3n) is 5.36. The number of hydrogen-bond acceptors (Lipinski definition) is 5. The maximum Gasteiger partial charge on any atom is 0.407 e. The highest BCUT2D eigenvalue weighted by Gasteiger charge is 2.31. The lowest BCUT2D eigenvalue weighted by Gasteiger charge is -2.23. The summed E-state index contributed by atoms with van der Waals surface area (Å²) < 4.78 is 5.45. The van der Waals surface area contributed by atoms with Gasteiger partial charge in [-0.15, -0.1) is 0 Å². The number of hydrogen-bond donors (Lipinski definition) is 4. The van der Waals surface area contributed by atoms with Gasteiger partial charge in [-0.3, -0.25) is 4.79 Å². The van der Waals surface area contributed by atoms with E-state index >= 15 is 0 Å². The number of carbonyl (C=O) groups excluding carboxylic acids is 2. The Labute approximate surface area is 180 Å². The van der Waals surface area contributed by atoms with Crippen LogP contribution in [-0.2, 0) is 14.3 Å². The van der Waals surface area contributed by atoms with E-state index in [0.29, 0.717) is 0 Å². The first kappa shape index (κ1) is 22.3. The number of aliphatic hydroxyl groups excluding tert-OH is 1. The van der Waals surface area contributed by atoms with Crippen molar-refractivity contribution in [1.29, 1.82) is 0 Å². The molecule has 8 heteroatoms. The van der Waals surface area contributed by atoms with Gasteiger partial charge in [0.1, 0.15) is 18.7 Å². The number of alkyl carbamates (subject to hydrolysis) is 1. The second-order valence-electron chi connectivity index (χ2n) is 7.77. The predicted molar refractivity (Wildman–Crippen MR) is 113 cm³/mol. The van der Waals surface area contributed by atoms with E-state index in [-0.39, 0.29) is 18.4 Å². The Morgan fingerprint density at radius 3 is 2.00 bits per heavy atom. The van der Waals surface area contributed by atoms with Crippen LogP contribution in [0.2, 0.25) is 0 Å². The fraction of sp³-hybridized carbons (Fsp3) is 0.348. The Bertz CT molecular complexity index is 929. The zero-order valence-electron chi connectivity index (χ0n) is 17.4. The standard InChI is InChI=1S/C23H26N2O6/c1-13(2)20(21(27)24-19(11-26)22(28)29)25-23(30)31-12-18-16-9-5-3-7-14(16)15-8-4-6-10-17(15)18/h3-10,13,18-20,26H,11-12H2,1-2H3,(H,24,27)(H,25,30)(H,28,29)/t19?,20-/m1/s1. The number of nitrogens with one attached hydrogen (secondary N) is 2. The van der Waals surface area contributed by atoms with Gasteiger partial charge in [-0.1, -0.05) is 62.4 Å². The van der Waals surface area contributed by atoms with Crippen molar-refractivity contribution in [2.45, 2.75) is 31.8 Å². The Hall–Kier alpha value is -3.39. The van der Waals surface area contributed by atoms with Gasteiger partial charge < -0.3 is 25.6 Å². The number of carboxylic acid groups (broad SMARTS) is 1. The van der Waals surface area contributed by atoms with Crippen molar-refractivity contribution in [2.75, 3.05) is 13.2 Å². The van der Waals surface area contributed by atoms with Gasteiger partial charge in [0.05, 0.1) is 6.61 Å². The van der Waals surface area contributed by atoms with Crippen molar-refractivity contribution in [3.8, 4) is 11.1 Å². The molecule has 0 aliphatic heterocycles. The third-order valence-corrected chi connectivity index (χ3v) is 5.36. The van der Waals surface area contributed by atoms with Crippen molar-refractivity contribution >= 4 is 18.0 Å².